The molecule has 0 unspecified atom stereocenters. The third-order valence-corrected chi connectivity index (χ3v) is 1.55. The predicted octanol–water partition coefficient (Wildman–Crippen LogP) is 2.40. The molecular formula is C10H13NO3. The largest absolute Gasteiger partial charge is 0.513 e. The molecule has 1 aromatic rings. The van der Waals surface area contributed by atoms with Crippen molar-refractivity contribution in [1.82, 2.24) is 4.98 Å². The lowest BCUT2D eigenvalue weighted by Crippen LogP contribution is -2.11. The fourth-order valence-electron chi connectivity index (χ4n) is 0.833. The first kappa shape index (κ1) is 10.5. The summed E-state index contributed by atoms with van der Waals surface area (Å²) >= 11 is 0. The molecule has 0 saturated carbocycles. The molecule has 76 valence electrons. The maximum atomic E-state index is 11.0. The van der Waals surface area contributed by atoms with Gasteiger partial charge in [-0.15, -0.1) is 0 Å². The van der Waals surface area contributed by atoms with Gasteiger partial charge in [-0.05, 0) is 18.6 Å². The van der Waals surface area contributed by atoms with E-state index >= 15 is 0 Å². The van der Waals surface area contributed by atoms with Crippen LogP contribution in [0.4, 0.5) is 4.79 Å². The Morgan fingerprint density at radius 2 is 2.43 bits per heavy atom. The molecule has 0 radical (unpaired) electrons. The third kappa shape index (κ3) is 3.89. The van der Waals surface area contributed by atoms with Gasteiger partial charge in [-0.1, -0.05) is 13.3 Å². The van der Waals surface area contributed by atoms with E-state index in [4.69, 9.17) is 9.47 Å². The first-order valence-corrected chi connectivity index (χ1v) is 4.57. The van der Waals surface area contributed by atoms with Crippen LogP contribution < -0.4 is 4.74 Å². The molecule has 0 aliphatic carbocycles. The maximum Gasteiger partial charge on any atom is 0.513 e. The minimum atomic E-state index is -0.675. The molecule has 4 heteroatoms. The average molecular weight is 195 g/mol. The molecule has 0 amide bonds. The highest BCUT2D eigenvalue weighted by atomic mass is 16.7. The molecule has 0 bridgehead atoms. The van der Waals surface area contributed by atoms with Gasteiger partial charge in [0.05, 0.1) is 12.8 Å². The van der Waals surface area contributed by atoms with Crippen molar-refractivity contribution in [2.45, 2.75) is 19.8 Å². The zero-order valence-electron chi connectivity index (χ0n) is 8.10. The molecule has 0 spiro atoms. The quantitative estimate of drug-likeness (QED) is 0.546. The standard InChI is InChI=1S/C10H13NO3/c1-2-3-7-13-10(12)14-9-5-4-6-11-8-9/h4-6,8H,2-3,7H2,1H3. The van der Waals surface area contributed by atoms with Crippen molar-refractivity contribution in [3.8, 4) is 5.75 Å². The predicted molar refractivity (Wildman–Crippen MR) is 51.1 cm³/mol. The van der Waals surface area contributed by atoms with Gasteiger partial charge in [0.2, 0.25) is 0 Å². The molecule has 1 aromatic heterocycles. The Labute approximate surface area is 82.9 Å². The normalized spacial score (nSPS) is 9.50. The number of rotatable bonds is 4. The number of pyridine rings is 1. The second-order valence-electron chi connectivity index (χ2n) is 2.74. The van der Waals surface area contributed by atoms with E-state index in [1.807, 2.05) is 6.92 Å². The van der Waals surface area contributed by atoms with Crippen LogP contribution in [0.1, 0.15) is 19.8 Å². The second kappa shape index (κ2) is 5.96. The number of carbonyl (C=O) groups excluding carboxylic acids is 1. The maximum absolute atomic E-state index is 11.0. The van der Waals surface area contributed by atoms with E-state index < -0.39 is 6.16 Å². The van der Waals surface area contributed by atoms with Crippen LogP contribution in [0.15, 0.2) is 24.5 Å². The Morgan fingerprint density at radius 3 is 3.07 bits per heavy atom. The number of hydrogen-bond donors (Lipinski definition) is 0. The van der Waals surface area contributed by atoms with E-state index in [2.05, 4.69) is 4.98 Å². The van der Waals surface area contributed by atoms with Crippen LogP contribution in [-0.4, -0.2) is 17.7 Å². The summed E-state index contributed by atoms with van der Waals surface area (Å²) in [6, 6.07) is 3.34. The lowest BCUT2D eigenvalue weighted by molar-refractivity contribution is 0.0977. The van der Waals surface area contributed by atoms with E-state index in [1.165, 1.54) is 6.20 Å². The van der Waals surface area contributed by atoms with Gasteiger partial charge < -0.3 is 9.47 Å². The minimum absolute atomic E-state index is 0.397. The second-order valence-corrected chi connectivity index (χ2v) is 2.74. The molecule has 0 aromatic carbocycles. The van der Waals surface area contributed by atoms with Crippen LogP contribution in [-0.2, 0) is 4.74 Å². The first-order valence-electron chi connectivity index (χ1n) is 4.57. The number of ether oxygens (including phenoxy) is 2. The highest BCUT2D eigenvalue weighted by Crippen LogP contribution is 2.07. The van der Waals surface area contributed by atoms with Gasteiger partial charge in [0.15, 0.2) is 5.75 Å². The molecule has 14 heavy (non-hydrogen) atoms. The van der Waals surface area contributed by atoms with Crippen molar-refractivity contribution < 1.29 is 14.3 Å². The lowest BCUT2D eigenvalue weighted by Gasteiger charge is -2.03. The van der Waals surface area contributed by atoms with Gasteiger partial charge in [0.1, 0.15) is 0 Å². The minimum Gasteiger partial charge on any atom is -0.434 e. The average Bonchev–Trinajstić information content (AvgIpc) is 2.20. The van der Waals surface area contributed by atoms with Crippen molar-refractivity contribution in [3.63, 3.8) is 0 Å². The van der Waals surface area contributed by atoms with Gasteiger partial charge in [-0.2, -0.15) is 0 Å². The highest BCUT2D eigenvalue weighted by Gasteiger charge is 2.04. The van der Waals surface area contributed by atoms with Crippen LogP contribution in [0.3, 0.4) is 0 Å². The first-order chi connectivity index (χ1) is 6.83. The summed E-state index contributed by atoms with van der Waals surface area (Å²) in [4.78, 5) is 14.8. The highest BCUT2D eigenvalue weighted by molar-refractivity contribution is 5.63. The number of nitrogens with zero attached hydrogens (tertiary/aromatic N) is 1. The van der Waals surface area contributed by atoms with Crippen LogP contribution in [0.5, 0.6) is 5.75 Å². The van der Waals surface area contributed by atoms with Crippen molar-refractivity contribution >= 4 is 6.16 Å². The fourth-order valence-corrected chi connectivity index (χ4v) is 0.833. The summed E-state index contributed by atoms with van der Waals surface area (Å²) in [7, 11) is 0. The molecule has 1 rings (SSSR count). The Balaban J connectivity index is 2.27. The molecule has 1 heterocycles. The van der Waals surface area contributed by atoms with Crippen molar-refractivity contribution in [2.24, 2.45) is 0 Å². The van der Waals surface area contributed by atoms with Crippen LogP contribution in [0.25, 0.3) is 0 Å². The Morgan fingerprint density at radius 1 is 1.57 bits per heavy atom. The summed E-state index contributed by atoms with van der Waals surface area (Å²) in [6.45, 7) is 2.42. The molecule has 0 aliphatic rings. The van der Waals surface area contributed by atoms with E-state index in [0.29, 0.717) is 12.4 Å². The topological polar surface area (TPSA) is 48.4 Å². The SMILES string of the molecule is CCCCOC(=O)Oc1cccnc1. The number of carbonyl (C=O) groups is 1. The summed E-state index contributed by atoms with van der Waals surface area (Å²) in [5.41, 5.74) is 0. The number of aromatic nitrogens is 1. The monoisotopic (exact) mass is 195 g/mol. The Bertz CT molecular complexity index is 274. The summed E-state index contributed by atoms with van der Waals surface area (Å²) in [6.07, 6.45) is 4.23. The van der Waals surface area contributed by atoms with Crippen LogP contribution in [0.2, 0.25) is 0 Å². The molecule has 0 fully saturated rings. The summed E-state index contributed by atoms with van der Waals surface area (Å²) in [5.74, 6) is 0.397. The van der Waals surface area contributed by atoms with Crippen LogP contribution in [0, 0.1) is 0 Å². The van der Waals surface area contributed by atoms with Gasteiger partial charge >= 0.3 is 6.16 Å². The van der Waals surface area contributed by atoms with Crippen molar-refractivity contribution in [1.29, 1.82) is 0 Å². The van der Waals surface area contributed by atoms with Crippen LogP contribution >= 0.6 is 0 Å². The van der Waals surface area contributed by atoms with E-state index in [0.717, 1.165) is 12.8 Å². The van der Waals surface area contributed by atoms with Gasteiger partial charge in [-0.25, -0.2) is 4.79 Å². The summed E-state index contributed by atoms with van der Waals surface area (Å²) in [5, 5.41) is 0. The fraction of sp³-hybridized carbons (Fsp3) is 0.400. The van der Waals surface area contributed by atoms with E-state index in [-0.39, 0.29) is 0 Å². The number of unbranched alkanes of at least 4 members (excludes halogenated alkanes) is 1. The summed E-state index contributed by atoms with van der Waals surface area (Å²) < 4.78 is 9.63. The van der Waals surface area contributed by atoms with Crippen molar-refractivity contribution in [3.05, 3.63) is 24.5 Å². The van der Waals surface area contributed by atoms with Gasteiger partial charge in [-0.3, -0.25) is 4.98 Å². The molecule has 4 nitrogen and oxygen atoms in total. The molecule has 0 N–H and O–H groups in total. The number of hydrogen-bond acceptors (Lipinski definition) is 4. The smallest absolute Gasteiger partial charge is 0.434 e. The Hall–Kier alpha value is -1.58. The van der Waals surface area contributed by atoms with E-state index in [9.17, 15) is 4.79 Å². The van der Waals surface area contributed by atoms with Gasteiger partial charge in [0.25, 0.3) is 0 Å². The van der Waals surface area contributed by atoms with Crippen molar-refractivity contribution in [2.75, 3.05) is 6.61 Å². The zero-order chi connectivity index (χ0) is 10.2. The Kier molecular flexibility index (Phi) is 4.47. The third-order valence-electron chi connectivity index (χ3n) is 1.55. The zero-order valence-corrected chi connectivity index (χ0v) is 8.10. The van der Waals surface area contributed by atoms with Gasteiger partial charge in [0, 0.05) is 6.20 Å². The molecule has 0 atom stereocenters. The van der Waals surface area contributed by atoms with E-state index in [1.54, 1.807) is 18.3 Å². The molecular weight excluding hydrogens is 182 g/mol. The molecule has 0 aliphatic heterocycles. The molecule has 0 saturated heterocycles. The lowest BCUT2D eigenvalue weighted by atomic mass is 10.4.